The average molecular weight is 304 g/mol. The Hall–Kier alpha value is -1.21. The highest BCUT2D eigenvalue weighted by Gasteiger charge is 2.38. The molecule has 1 atom stereocenters. The third-order valence-corrected chi connectivity index (χ3v) is 5.37. The lowest BCUT2D eigenvalue weighted by Crippen LogP contribution is -2.42. The number of sulfonamides is 1. The van der Waals surface area contributed by atoms with E-state index in [0.717, 1.165) is 25.0 Å². The summed E-state index contributed by atoms with van der Waals surface area (Å²) in [6, 6.07) is 1.28. The topological polar surface area (TPSA) is 72.2 Å². The van der Waals surface area contributed by atoms with Crippen molar-refractivity contribution in [2.45, 2.75) is 44.0 Å². The molecule has 1 aliphatic rings. The van der Waals surface area contributed by atoms with E-state index in [0.29, 0.717) is 6.42 Å². The molecule has 1 unspecified atom stereocenters. The van der Waals surface area contributed by atoms with Crippen molar-refractivity contribution >= 4 is 15.7 Å². The molecule has 1 aromatic rings. The third kappa shape index (κ3) is 2.78. The van der Waals surface area contributed by atoms with Gasteiger partial charge in [-0.1, -0.05) is 20.3 Å². The molecule has 0 spiro atoms. The van der Waals surface area contributed by atoms with Crippen LogP contribution in [0.5, 0.6) is 0 Å². The predicted octanol–water partition coefficient (Wildman–Crippen LogP) is 2.40. The van der Waals surface area contributed by atoms with Gasteiger partial charge in [-0.2, -0.15) is 0 Å². The number of hydrogen-bond acceptors (Lipinski definition) is 3. The number of anilines is 1. The summed E-state index contributed by atoms with van der Waals surface area (Å²) >= 11 is 0. The number of nitrogens with two attached hydrogens (primary N) is 1. The van der Waals surface area contributed by atoms with Crippen LogP contribution in [0.1, 0.15) is 33.1 Å². The molecule has 0 aromatic heterocycles. The minimum absolute atomic E-state index is 0.153. The first kappa shape index (κ1) is 15.2. The van der Waals surface area contributed by atoms with E-state index in [9.17, 15) is 17.2 Å². The summed E-state index contributed by atoms with van der Waals surface area (Å²) < 4.78 is 54.3. The number of halogens is 2. The van der Waals surface area contributed by atoms with Gasteiger partial charge in [-0.25, -0.2) is 21.9 Å². The molecular weight excluding hydrogens is 286 g/mol. The van der Waals surface area contributed by atoms with Crippen LogP contribution in [0.2, 0.25) is 0 Å². The highest BCUT2D eigenvalue weighted by atomic mass is 32.2. The molecule has 2 rings (SSSR count). The van der Waals surface area contributed by atoms with Crippen molar-refractivity contribution in [2.24, 2.45) is 5.41 Å². The lowest BCUT2D eigenvalue weighted by Gasteiger charge is -2.27. The number of benzene rings is 1. The van der Waals surface area contributed by atoms with Crippen molar-refractivity contribution in [2.75, 3.05) is 5.73 Å². The fraction of sp³-hybridized carbons (Fsp3) is 0.538. The van der Waals surface area contributed by atoms with E-state index in [2.05, 4.69) is 4.72 Å². The Morgan fingerprint density at radius 1 is 1.30 bits per heavy atom. The van der Waals surface area contributed by atoms with Crippen LogP contribution in [0.3, 0.4) is 0 Å². The first-order chi connectivity index (χ1) is 9.13. The minimum Gasteiger partial charge on any atom is -0.399 e. The van der Waals surface area contributed by atoms with Crippen molar-refractivity contribution in [1.82, 2.24) is 4.72 Å². The summed E-state index contributed by atoms with van der Waals surface area (Å²) in [6.07, 6.45) is 2.41. The Kier molecular flexibility index (Phi) is 3.77. The van der Waals surface area contributed by atoms with Gasteiger partial charge in [0.2, 0.25) is 10.0 Å². The Labute approximate surface area is 117 Å². The lowest BCUT2D eigenvalue weighted by molar-refractivity contribution is 0.312. The average Bonchev–Trinajstić information content (AvgIpc) is 2.55. The number of hydrogen-bond donors (Lipinski definition) is 2. The summed E-state index contributed by atoms with van der Waals surface area (Å²) in [5, 5.41) is 0. The number of nitrogens with one attached hydrogen (secondary N) is 1. The van der Waals surface area contributed by atoms with Gasteiger partial charge in [-0.3, -0.25) is 0 Å². The van der Waals surface area contributed by atoms with E-state index in [1.165, 1.54) is 0 Å². The number of rotatable bonds is 3. The van der Waals surface area contributed by atoms with E-state index in [1.807, 2.05) is 13.8 Å². The van der Waals surface area contributed by atoms with Gasteiger partial charge in [0, 0.05) is 11.7 Å². The Balaban J connectivity index is 2.37. The van der Waals surface area contributed by atoms with Crippen LogP contribution < -0.4 is 10.5 Å². The van der Waals surface area contributed by atoms with Crippen LogP contribution in [0, 0.1) is 17.0 Å². The molecule has 7 heteroatoms. The van der Waals surface area contributed by atoms with Crippen LogP contribution in [0.4, 0.5) is 14.5 Å². The third-order valence-electron chi connectivity index (χ3n) is 3.84. The molecule has 0 heterocycles. The van der Waals surface area contributed by atoms with Gasteiger partial charge in [0.25, 0.3) is 0 Å². The predicted molar refractivity (Wildman–Crippen MR) is 72.5 cm³/mol. The molecule has 112 valence electrons. The second-order valence-corrected chi connectivity index (χ2v) is 7.52. The minimum atomic E-state index is -4.25. The molecule has 1 saturated carbocycles. The highest BCUT2D eigenvalue weighted by molar-refractivity contribution is 7.89. The van der Waals surface area contributed by atoms with Gasteiger partial charge < -0.3 is 5.73 Å². The maximum Gasteiger partial charge on any atom is 0.246 e. The van der Waals surface area contributed by atoms with Gasteiger partial charge in [0.15, 0.2) is 4.90 Å². The molecule has 1 aromatic carbocycles. The first-order valence-corrected chi connectivity index (χ1v) is 7.89. The fourth-order valence-electron chi connectivity index (χ4n) is 2.63. The zero-order valence-electron chi connectivity index (χ0n) is 11.4. The second-order valence-electron chi connectivity index (χ2n) is 5.87. The van der Waals surface area contributed by atoms with Gasteiger partial charge in [-0.05, 0) is 30.4 Å². The van der Waals surface area contributed by atoms with Crippen molar-refractivity contribution in [3.63, 3.8) is 0 Å². The van der Waals surface area contributed by atoms with Crippen LogP contribution in [0.15, 0.2) is 17.0 Å². The number of nitrogen functional groups attached to an aromatic ring is 1. The molecular formula is C13H18F2N2O2S. The van der Waals surface area contributed by atoms with Gasteiger partial charge in [0.05, 0.1) is 0 Å². The first-order valence-electron chi connectivity index (χ1n) is 6.40. The SMILES string of the molecule is CC1(C)CCCC1NS(=O)(=O)c1c(F)cc(N)cc1F. The van der Waals surface area contributed by atoms with E-state index >= 15 is 0 Å². The molecule has 1 fully saturated rings. The van der Waals surface area contributed by atoms with Crippen molar-refractivity contribution in [1.29, 1.82) is 0 Å². The summed E-state index contributed by atoms with van der Waals surface area (Å²) in [6.45, 7) is 3.87. The summed E-state index contributed by atoms with van der Waals surface area (Å²) in [7, 11) is -4.25. The maximum atomic E-state index is 13.7. The van der Waals surface area contributed by atoms with Crippen LogP contribution >= 0.6 is 0 Å². The summed E-state index contributed by atoms with van der Waals surface area (Å²) in [5.74, 6) is -2.35. The molecule has 0 aliphatic heterocycles. The lowest BCUT2D eigenvalue weighted by atomic mass is 9.88. The Morgan fingerprint density at radius 3 is 2.30 bits per heavy atom. The normalized spacial score (nSPS) is 22.1. The molecule has 20 heavy (non-hydrogen) atoms. The summed E-state index contributed by atoms with van der Waals surface area (Å²) in [4.78, 5) is -0.964. The molecule has 1 aliphatic carbocycles. The smallest absolute Gasteiger partial charge is 0.246 e. The van der Waals surface area contributed by atoms with Gasteiger partial charge in [-0.15, -0.1) is 0 Å². The highest BCUT2D eigenvalue weighted by Crippen LogP contribution is 2.38. The van der Waals surface area contributed by atoms with Crippen LogP contribution in [-0.4, -0.2) is 14.5 Å². The van der Waals surface area contributed by atoms with E-state index in [-0.39, 0.29) is 17.1 Å². The van der Waals surface area contributed by atoms with E-state index < -0.39 is 26.6 Å². The zero-order chi connectivity index (χ0) is 15.1. The Morgan fingerprint density at radius 2 is 1.85 bits per heavy atom. The van der Waals surface area contributed by atoms with Gasteiger partial charge in [0.1, 0.15) is 11.6 Å². The standard InChI is InChI=1S/C13H18F2N2O2S/c1-13(2)5-3-4-11(13)17-20(18,19)12-9(14)6-8(16)7-10(12)15/h6-7,11,17H,3-5,16H2,1-2H3. The molecule has 4 nitrogen and oxygen atoms in total. The van der Waals surface area contributed by atoms with Crippen molar-refractivity contribution < 1.29 is 17.2 Å². The van der Waals surface area contributed by atoms with Gasteiger partial charge >= 0.3 is 0 Å². The molecule has 0 bridgehead atoms. The molecule has 0 amide bonds. The second kappa shape index (κ2) is 4.96. The van der Waals surface area contributed by atoms with Crippen LogP contribution in [-0.2, 0) is 10.0 Å². The zero-order valence-corrected chi connectivity index (χ0v) is 12.2. The quantitative estimate of drug-likeness (QED) is 0.842. The molecule has 0 radical (unpaired) electrons. The largest absolute Gasteiger partial charge is 0.399 e. The summed E-state index contributed by atoms with van der Waals surface area (Å²) in [5.41, 5.74) is 4.90. The van der Waals surface area contributed by atoms with E-state index in [1.54, 1.807) is 0 Å². The maximum absolute atomic E-state index is 13.7. The molecule has 3 N–H and O–H groups in total. The molecule has 0 saturated heterocycles. The van der Waals surface area contributed by atoms with Crippen molar-refractivity contribution in [3.8, 4) is 0 Å². The Bertz CT molecular complexity index is 606. The monoisotopic (exact) mass is 304 g/mol. The van der Waals surface area contributed by atoms with Crippen LogP contribution in [0.25, 0.3) is 0 Å². The van der Waals surface area contributed by atoms with E-state index in [4.69, 9.17) is 5.73 Å². The van der Waals surface area contributed by atoms with Crippen molar-refractivity contribution in [3.05, 3.63) is 23.8 Å². The fourth-order valence-corrected chi connectivity index (χ4v) is 4.19.